The highest BCUT2D eigenvalue weighted by atomic mass is 32.1. The van der Waals surface area contributed by atoms with Crippen LogP contribution >= 0.6 is 11.3 Å². The van der Waals surface area contributed by atoms with Crippen molar-refractivity contribution in [3.8, 4) is 0 Å². The zero-order chi connectivity index (χ0) is 15.6. The number of aromatic nitrogens is 1. The Morgan fingerprint density at radius 2 is 1.81 bits per heavy atom. The molecule has 0 bridgehead atoms. The Morgan fingerprint density at radius 1 is 1.19 bits per heavy atom. The Bertz CT molecular complexity index is 675. The van der Waals surface area contributed by atoms with Crippen LogP contribution in [-0.4, -0.2) is 30.8 Å². The second kappa shape index (κ2) is 6.05. The molecule has 0 saturated heterocycles. The van der Waals surface area contributed by atoms with Gasteiger partial charge in [-0.05, 0) is 31.2 Å². The summed E-state index contributed by atoms with van der Waals surface area (Å²) in [6, 6.07) is 7.28. The number of nitrogens with zero attached hydrogens (tertiary/aromatic N) is 2. The van der Waals surface area contributed by atoms with Crippen LogP contribution in [0, 0.1) is 6.92 Å². The smallest absolute Gasteiger partial charge is 0.257 e. The molecule has 1 amide bonds. The number of benzene rings is 1. The molecule has 0 spiro atoms. The van der Waals surface area contributed by atoms with Crippen LogP contribution in [0.5, 0.6) is 0 Å². The normalized spacial score (nSPS) is 10.3. The molecular weight excluding hydrogens is 286 g/mol. The molecule has 1 aromatic carbocycles. The standard InChI is InChI=1S/C15H17N3O2S/c1-9-13(10(2)19)21-15(16-9)17-14(20)11-5-7-12(8-6-11)18(3)4/h5-8H,1-4H3,(H,16,17,20). The maximum atomic E-state index is 12.1. The first-order valence-electron chi connectivity index (χ1n) is 6.45. The number of carbonyl (C=O) groups excluding carboxylic acids is 2. The molecule has 0 aliphatic rings. The van der Waals surface area contributed by atoms with Gasteiger partial charge in [-0.3, -0.25) is 14.9 Å². The van der Waals surface area contributed by atoms with Crippen LogP contribution in [0.3, 0.4) is 0 Å². The summed E-state index contributed by atoms with van der Waals surface area (Å²) in [5.74, 6) is -0.273. The summed E-state index contributed by atoms with van der Waals surface area (Å²) < 4.78 is 0. The van der Waals surface area contributed by atoms with Gasteiger partial charge in [0.25, 0.3) is 5.91 Å². The molecule has 0 aliphatic carbocycles. The van der Waals surface area contributed by atoms with Gasteiger partial charge in [0.1, 0.15) is 0 Å². The molecule has 21 heavy (non-hydrogen) atoms. The third-order valence-electron chi connectivity index (χ3n) is 2.98. The summed E-state index contributed by atoms with van der Waals surface area (Å²) in [4.78, 5) is 30.3. The monoisotopic (exact) mass is 303 g/mol. The number of Topliss-reactive ketones (excluding diaryl/α,β-unsaturated/α-hetero) is 1. The average Bonchev–Trinajstić information content (AvgIpc) is 2.79. The van der Waals surface area contributed by atoms with Crippen LogP contribution in [0.4, 0.5) is 10.8 Å². The van der Waals surface area contributed by atoms with E-state index in [1.807, 2.05) is 31.1 Å². The molecule has 6 heteroatoms. The van der Waals surface area contributed by atoms with Crippen LogP contribution in [-0.2, 0) is 0 Å². The van der Waals surface area contributed by atoms with Crippen molar-refractivity contribution in [2.24, 2.45) is 0 Å². The van der Waals surface area contributed by atoms with Crippen molar-refractivity contribution >= 4 is 33.8 Å². The summed E-state index contributed by atoms with van der Waals surface area (Å²) in [5, 5.41) is 3.17. The van der Waals surface area contributed by atoms with Crippen molar-refractivity contribution in [3.63, 3.8) is 0 Å². The molecule has 1 N–H and O–H groups in total. The van der Waals surface area contributed by atoms with Crippen LogP contribution in [0.1, 0.15) is 32.6 Å². The zero-order valence-corrected chi connectivity index (χ0v) is 13.2. The topological polar surface area (TPSA) is 62.3 Å². The molecule has 0 unspecified atom stereocenters. The van der Waals surface area contributed by atoms with Gasteiger partial charge in [0.15, 0.2) is 10.9 Å². The van der Waals surface area contributed by atoms with Crippen LogP contribution in [0.15, 0.2) is 24.3 Å². The maximum Gasteiger partial charge on any atom is 0.257 e. The lowest BCUT2D eigenvalue weighted by molar-refractivity contribution is 0.101. The van der Waals surface area contributed by atoms with E-state index in [2.05, 4.69) is 10.3 Å². The van der Waals surface area contributed by atoms with Gasteiger partial charge in [-0.15, -0.1) is 0 Å². The number of hydrogen-bond acceptors (Lipinski definition) is 5. The lowest BCUT2D eigenvalue weighted by atomic mass is 10.2. The molecule has 2 aromatic rings. The van der Waals surface area contributed by atoms with Crippen molar-refractivity contribution in [1.82, 2.24) is 4.98 Å². The predicted molar refractivity (Wildman–Crippen MR) is 85.6 cm³/mol. The Labute approximate surface area is 127 Å². The average molecular weight is 303 g/mol. The number of nitrogens with one attached hydrogen (secondary N) is 1. The third kappa shape index (κ3) is 3.46. The number of hydrogen-bond donors (Lipinski definition) is 1. The molecular formula is C15H17N3O2S. The van der Waals surface area contributed by atoms with Crippen molar-refractivity contribution in [2.75, 3.05) is 24.3 Å². The highest BCUT2D eigenvalue weighted by Gasteiger charge is 2.14. The molecule has 0 atom stereocenters. The Morgan fingerprint density at radius 3 is 2.29 bits per heavy atom. The van der Waals surface area contributed by atoms with Gasteiger partial charge in [0, 0.05) is 32.3 Å². The second-order valence-electron chi connectivity index (χ2n) is 4.89. The fourth-order valence-corrected chi connectivity index (χ4v) is 2.71. The van der Waals surface area contributed by atoms with Crippen LogP contribution in [0.25, 0.3) is 0 Å². The first kappa shape index (κ1) is 15.2. The summed E-state index contributed by atoms with van der Waals surface area (Å²) in [5.41, 5.74) is 2.22. The Kier molecular flexibility index (Phi) is 4.37. The predicted octanol–water partition coefficient (Wildman–Crippen LogP) is 2.97. The fourth-order valence-electron chi connectivity index (χ4n) is 1.86. The first-order valence-corrected chi connectivity index (χ1v) is 7.27. The van der Waals surface area contributed by atoms with Gasteiger partial charge in [0.05, 0.1) is 10.6 Å². The molecule has 0 fully saturated rings. The van der Waals surface area contributed by atoms with Crippen molar-refractivity contribution < 1.29 is 9.59 Å². The van der Waals surface area contributed by atoms with Gasteiger partial charge in [0.2, 0.25) is 0 Å². The number of rotatable bonds is 4. The second-order valence-corrected chi connectivity index (χ2v) is 5.88. The molecule has 5 nitrogen and oxygen atoms in total. The molecule has 1 heterocycles. The summed E-state index contributed by atoms with van der Waals surface area (Å²) in [6.07, 6.45) is 0. The minimum absolute atomic E-state index is 0.0409. The number of anilines is 2. The van der Waals surface area contributed by atoms with Crippen LogP contribution in [0.2, 0.25) is 0 Å². The third-order valence-corrected chi connectivity index (χ3v) is 4.16. The quantitative estimate of drug-likeness (QED) is 0.882. The zero-order valence-electron chi connectivity index (χ0n) is 12.4. The van der Waals surface area contributed by atoms with E-state index < -0.39 is 0 Å². The van der Waals surface area contributed by atoms with E-state index >= 15 is 0 Å². The van der Waals surface area contributed by atoms with E-state index in [1.54, 1.807) is 19.1 Å². The van der Waals surface area contributed by atoms with Crippen molar-refractivity contribution in [3.05, 3.63) is 40.4 Å². The number of amides is 1. The molecule has 0 saturated carbocycles. The number of thiazole rings is 1. The number of ketones is 1. The Hall–Kier alpha value is -2.21. The van der Waals surface area contributed by atoms with E-state index in [4.69, 9.17) is 0 Å². The molecule has 2 rings (SSSR count). The molecule has 0 radical (unpaired) electrons. The largest absolute Gasteiger partial charge is 0.378 e. The minimum Gasteiger partial charge on any atom is -0.378 e. The van der Waals surface area contributed by atoms with E-state index in [0.29, 0.717) is 21.3 Å². The first-order chi connectivity index (χ1) is 9.88. The van der Waals surface area contributed by atoms with Gasteiger partial charge in [-0.2, -0.15) is 0 Å². The fraction of sp³-hybridized carbons (Fsp3) is 0.267. The Balaban J connectivity index is 2.14. The van der Waals surface area contributed by atoms with Gasteiger partial charge >= 0.3 is 0 Å². The van der Waals surface area contributed by atoms with Crippen LogP contribution < -0.4 is 10.2 Å². The summed E-state index contributed by atoms with van der Waals surface area (Å²) in [6.45, 7) is 3.25. The molecule has 0 aliphatic heterocycles. The molecule has 110 valence electrons. The van der Waals surface area contributed by atoms with Gasteiger partial charge in [-0.1, -0.05) is 11.3 Å². The van der Waals surface area contributed by atoms with Gasteiger partial charge in [-0.25, -0.2) is 4.98 Å². The summed E-state index contributed by atoms with van der Waals surface area (Å²) in [7, 11) is 3.88. The maximum absolute atomic E-state index is 12.1. The van der Waals surface area contributed by atoms with E-state index in [1.165, 1.54) is 18.3 Å². The van der Waals surface area contributed by atoms with Gasteiger partial charge < -0.3 is 4.90 Å². The number of carbonyl (C=O) groups is 2. The number of aryl methyl sites for hydroxylation is 1. The van der Waals surface area contributed by atoms with Crippen molar-refractivity contribution in [2.45, 2.75) is 13.8 Å². The minimum atomic E-state index is -0.232. The SMILES string of the molecule is CC(=O)c1sc(NC(=O)c2ccc(N(C)C)cc2)nc1C. The highest BCUT2D eigenvalue weighted by Crippen LogP contribution is 2.23. The lowest BCUT2D eigenvalue weighted by Crippen LogP contribution is -2.13. The van der Waals surface area contributed by atoms with Crippen molar-refractivity contribution in [1.29, 1.82) is 0 Å². The van der Waals surface area contributed by atoms with E-state index in [9.17, 15) is 9.59 Å². The summed E-state index contributed by atoms with van der Waals surface area (Å²) >= 11 is 1.20. The lowest BCUT2D eigenvalue weighted by Gasteiger charge is -2.12. The van der Waals surface area contributed by atoms with E-state index in [-0.39, 0.29) is 11.7 Å². The molecule has 1 aromatic heterocycles. The highest BCUT2D eigenvalue weighted by molar-refractivity contribution is 7.17. The van der Waals surface area contributed by atoms with E-state index in [0.717, 1.165) is 5.69 Å².